The molecule has 0 aromatic heterocycles. The van der Waals surface area contributed by atoms with Crippen LogP contribution < -0.4 is 0 Å². The number of Topliss-reactive ketones (excluding diaryl/α,β-unsaturated/α-hetero) is 2. The minimum atomic E-state index is -2.02. The molecule has 0 aromatic carbocycles. The van der Waals surface area contributed by atoms with Crippen molar-refractivity contribution in [1.29, 1.82) is 0 Å². The van der Waals surface area contributed by atoms with Gasteiger partial charge in [0.25, 0.3) is 0 Å². The Morgan fingerprint density at radius 1 is 1.14 bits per heavy atom. The van der Waals surface area contributed by atoms with E-state index in [-0.39, 0.29) is 33.9 Å². The Balaban J connectivity index is 2.04. The number of aliphatic hydroxyl groups excluding tert-OH is 1. The van der Waals surface area contributed by atoms with Gasteiger partial charge in [-0.25, -0.2) is 0 Å². The summed E-state index contributed by atoms with van der Waals surface area (Å²) in [6, 6.07) is 0. The van der Waals surface area contributed by atoms with Gasteiger partial charge in [0, 0.05) is 23.7 Å². The molecule has 5 atom stereocenters. The topological polar surface area (TPSA) is 63.6 Å². The van der Waals surface area contributed by atoms with E-state index in [0.717, 1.165) is 12.2 Å². The van der Waals surface area contributed by atoms with Crippen LogP contribution in [0.2, 0.25) is 18.1 Å². The van der Waals surface area contributed by atoms with E-state index >= 15 is 0 Å². The van der Waals surface area contributed by atoms with Crippen LogP contribution in [0.3, 0.4) is 0 Å². The van der Waals surface area contributed by atoms with Crippen LogP contribution in [0, 0.1) is 28.6 Å². The van der Waals surface area contributed by atoms with Crippen LogP contribution in [0.5, 0.6) is 0 Å². The lowest BCUT2D eigenvalue weighted by Crippen LogP contribution is -2.54. The molecule has 0 amide bonds. The average molecular weight is 421 g/mol. The molecular formula is C24H40O4Si. The quantitative estimate of drug-likeness (QED) is 0.619. The molecule has 0 saturated heterocycles. The lowest BCUT2D eigenvalue weighted by atomic mass is 9.52. The number of hydrogen-bond acceptors (Lipinski definition) is 4. The molecule has 3 rings (SSSR count). The van der Waals surface area contributed by atoms with Crippen LogP contribution in [-0.4, -0.2) is 31.1 Å². The molecule has 0 spiro atoms. The van der Waals surface area contributed by atoms with Crippen LogP contribution in [0.15, 0.2) is 11.8 Å². The first-order chi connectivity index (χ1) is 13.1. The van der Waals surface area contributed by atoms with Gasteiger partial charge in [-0.1, -0.05) is 41.5 Å². The maximum absolute atomic E-state index is 13.3. The molecule has 0 radical (unpaired) electrons. The molecule has 5 heteroatoms. The van der Waals surface area contributed by atoms with E-state index in [1.807, 2.05) is 6.92 Å². The van der Waals surface area contributed by atoms with Crippen molar-refractivity contribution in [2.75, 3.05) is 0 Å². The third kappa shape index (κ3) is 3.67. The van der Waals surface area contributed by atoms with E-state index < -0.39 is 25.8 Å². The number of carbonyl (C=O) groups excluding carboxylic acids is 2. The first-order valence-electron chi connectivity index (χ1n) is 11.3. The molecule has 29 heavy (non-hydrogen) atoms. The van der Waals surface area contributed by atoms with Gasteiger partial charge in [-0.05, 0) is 61.2 Å². The molecule has 0 heterocycles. The molecule has 164 valence electrons. The molecule has 0 unspecified atom stereocenters. The minimum Gasteiger partial charge on any atom is -0.547 e. The van der Waals surface area contributed by atoms with Crippen molar-refractivity contribution >= 4 is 19.9 Å². The number of aliphatic hydroxyl groups is 1. The monoisotopic (exact) mass is 420 g/mol. The summed E-state index contributed by atoms with van der Waals surface area (Å²) in [6.07, 6.45) is 4.25. The largest absolute Gasteiger partial charge is 0.547 e. The Hall–Kier alpha value is -0.943. The third-order valence-corrected chi connectivity index (χ3v) is 13.4. The molecule has 2 saturated carbocycles. The highest BCUT2D eigenvalue weighted by molar-refractivity contribution is 6.74. The second kappa shape index (κ2) is 7.05. The van der Waals surface area contributed by atoms with Crippen molar-refractivity contribution in [2.24, 2.45) is 28.6 Å². The maximum Gasteiger partial charge on any atom is 0.250 e. The summed E-state index contributed by atoms with van der Waals surface area (Å²) < 4.78 is 6.80. The number of rotatable bonds is 2. The summed E-state index contributed by atoms with van der Waals surface area (Å²) >= 11 is 0. The van der Waals surface area contributed by atoms with Gasteiger partial charge in [0.15, 0.2) is 5.78 Å². The smallest absolute Gasteiger partial charge is 0.250 e. The van der Waals surface area contributed by atoms with E-state index in [4.69, 9.17) is 4.43 Å². The molecule has 2 bridgehead atoms. The van der Waals surface area contributed by atoms with Gasteiger partial charge in [-0.3, -0.25) is 9.59 Å². The summed E-state index contributed by atoms with van der Waals surface area (Å²) in [5, 5.41) is 10.4. The van der Waals surface area contributed by atoms with Crippen molar-refractivity contribution in [1.82, 2.24) is 0 Å². The third-order valence-electron chi connectivity index (χ3n) is 8.99. The zero-order valence-corrected chi connectivity index (χ0v) is 20.6. The lowest BCUT2D eigenvalue weighted by molar-refractivity contribution is -0.155. The Kier molecular flexibility index (Phi) is 5.52. The molecule has 0 aromatic rings. The van der Waals surface area contributed by atoms with Crippen LogP contribution in [0.25, 0.3) is 0 Å². The fourth-order valence-corrected chi connectivity index (χ4v) is 6.51. The summed E-state index contributed by atoms with van der Waals surface area (Å²) in [5.74, 6) is 1.05. The normalized spacial score (nSPS) is 37.9. The Morgan fingerprint density at radius 3 is 2.34 bits per heavy atom. The second-order valence-corrected chi connectivity index (χ2v) is 16.8. The van der Waals surface area contributed by atoms with E-state index in [0.29, 0.717) is 25.7 Å². The molecule has 0 aliphatic heterocycles. The number of carbonyl (C=O) groups is 2. The predicted molar refractivity (Wildman–Crippen MR) is 118 cm³/mol. The van der Waals surface area contributed by atoms with Crippen molar-refractivity contribution in [3.63, 3.8) is 0 Å². The Labute approximate surface area is 177 Å². The predicted octanol–water partition coefficient (Wildman–Crippen LogP) is 5.26. The van der Waals surface area contributed by atoms with Gasteiger partial charge < -0.3 is 9.53 Å². The zero-order valence-electron chi connectivity index (χ0n) is 19.6. The zero-order chi connectivity index (χ0) is 22.0. The summed E-state index contributed by atoms with van der Waals surface area (Å²) in [7, 11) is -2.02. The Bertz CT molecular complexity index is 730. The number of allylic oxidation sites excluding steroid dienone is 2. The van der Waals surface area contributed by atoms with Crippen LogP contribution in [0.4, 0.5) is 0 Å². The molecule has 1 N–H and O–H groups in total. The van der Waals surface area contributed by atoms with Crippen LogP contribution in [-0.2, 0) is 14.0 Å². The molecule has 3 aliphatic rings. The van der Waals surface area contributed by atoms with E-state index in [1.54, 1.807) is 0 Å². The lowest BCUT2D eigenvalue weighted by Gasteiger charge is -2.53. The van der Waals surface area contributed by atoms with Gasteiger partial charge in [-0.2, -0.15) is 0 Å². The Morgan fingerprint density at radius 2 is 1.76 bits per heavy atom. The average Bonchev–Trinajstić information content (AvgIpc) is 2.58. The maximum atomic E-state index is 13.3. The highest BCUT2D eigenvalue weighted by Gasteiger charge is 2.57. The molecule has 4 nitrogen and oxygen atoms in total. The summed E-state index contributed by atoms with van der Waals surface area (Å²) in [6.45, 7) is 17.7. The van der Waals surface area contributed by atoms with Crippen LogP contribution >= 0.6 is 0 Å². The highest BCUT2D eigenvalue weighted by Crippen LogP contribution is 2.57. The molecule has 2 fully saturated rings. The number of fused-ring (bicyclic) bond motifs is 3. The van der Waals surface area contributed by atoms with E-state index in [2.05, 4.69) is 53.8 Å². The van der Waals surface area contributed by atoms with E-state index in [9.17, 15) is 14.7 Å². The fraction of sp³-hybridized carbons (Fsp3) is 0.833. The molecular weight excluding hydrogens is 380 g/mol. The number of hydrogen-bond donors (Lipinski definition) is 1. The fourth-order valence-electron chi connectivity index (χ4n) is 5.38. The minimum absolute atomic E-state index is 0.0950. The van der Waals surface area contributed by atoms with Gasteiger partial charge in [0.2, 0.25) is 8.32 Å². The van der Waals surface area contributed by atoms with E-state index in [1.165, 1.54) is 0 Å². The van der Waals surface area contributed by atoms with Crippen molar-refractivity contribution in [3.8, 4) is 0 Å². The van der Waals surface area contributed by atoms with Crippen molar-refractivity contribution in [2.45, 2.75) is 97.9 Å². The van der Waals surface area contributed by atoms with Crippen molar-refractivity contribution in [3.05, 3.63) is 11.8 Å². The molecule has 3 aliphatic carbocycles. The SMILES string of the molecule is CC1(C)[C@H]2CC=C(O[Si](C)(C)C(C)(C)C)[C@H]1C[C@@H]1C(=O)[C@@H](O)CC[C@@]1(C)C(=O)C2. The summed E-state index contributed by atoms with van der Waals surface area (Å²) in [4.78, 5) is 26.4. The first-order valence-corrected chi connectivity index (χ1v) is 14.2. The van der Waals surface area contributed by atoms with Gasteiger partial charge in [0.05, 0.1) is 5.76 Å². The summed E-state index contributed by atoms with van der Waals surface area (Å²) in [5.41, 5.74) is -0.769. The first kappa shape index (κ1) is 22.7. The van der Waals surface area contributed by atoms with Crippen molar-refractivity contribution < 1.29 is 19.1 Å². The van der Waals surface area contributed by atoms with Crippen LogP contribution in [0.1, 0.15) is 73.6 Å². The van der Waals surface area contributed by atoms with Gasteiger partial charge in [0.1, 0.15) is 11.9 Å². The standard InChI is InChI=1S/C24H40O4Si/c1-22(2,3)29(7,8)28-19-10-9-15-13-20(26)24(6)12-11-18(25)21(27)17(24)14-16(19)23(15,4)5/h10,15-18,25H,9,11-14H2,1-8H3/t15-,16+,17+,18-,24+/m0/s1. The van der Waals surface area contributed by atoms with Gasteiger partial charge in [-0.15, -0.1) is 0 Å². The second-order valence-electron chi connectivity index (χ2n) is 12.1. The van der Waals surface area contributed by atoms with Gasteiger partial charge >= 0.3 is 0 Å². The number of ketones is 2. The highest BCUT2D eigenvalue weighted by atomic mass is 28.4.